The Bertz CT molecular complexity index is 1500. The zero-order valence-electron chi connectivity index (χ0n) is 25.0. The van der Waals surface area contributed by atoms with E-state index in [1.807, 2.05) is 27.7 Å². The second kappa shape index (κ2) is 13.5. The molecule has 1 N–H and O–H groups in total. The summed E-state index contributed by atoms with van der Waals surface area (Å²) in [6, 6.07) is 17.0. The lowest BCUT2D eigenvalue weighted by Gasteiger charge is -2.33. The Hall–Kier alpha value is -3.76. The monoisotopic (exact) mass is 615 g/mol. The van der Waals surface area contributed by atoms with Gasteiger partial charge < -0.3 is 19.7 Å². The molecule has 0 aliphatic heterocycles. The quantitative estimate of drug-likeness (QED) is 0.318. The van der Waals surface area contributed by atoms with E-state index in [0.29, 0.717) is 10.8 Å². The first kappa shape index (κ1) is 32.8. The SMILES string of the molecule is COc1ccc(OC)c(N(CC(=O)N(Cc2ccc(Cl)cc2)[C@H](C)C(=O)NC(C)(C)C)S(=O)(=O)c2ccc(C)cc2)c1. The van der Waals surface area contributed by atoms with Crippen molar-refractivity contribution in [2.24, 2.45) is 0 Å². The third-order valence-electron chi connectivity index (χ3n) is 6.47. The number of nitrogens with zero attached hydrogens (tertiary/aromatic N) is 2. The molecule has 0 saturated carbocycles. The maximum Gasteiger partial charge on any atom is 0.264 e. The van der Waals surface area contributed by atoms with Crippen molar-refractivity contribution in [1.29, 1.82) is 0 Å². The zero-order valence-corrected chi connectivity index (χ0v) is 26.5. The lowest BCUT2D eigenvalue weighted by molar-refractivity contribution is -0.140. The van der Waals surface area contributed by atoms with Gasteiger partial charge in [-0.3, -0.25) is 13.9 Å². The molecular formula is C31H38ClN3O6S. The van der Waals surface area contributed by atoms with Gasteiger partial charge in [-0.1, -0.05) is 41.4 Å². The number of rotatable bonds is 11. The van der Waals surface area contributed by atoms with Crippen molar-refractivity contribution in [2.45, 2.75) is 57.6 Å². The van der Waals surface area contributed by atoms with Crippen molar-refractivity contribution < 1.29 is 27.5 Å². The fourth-order valence-electron chi connectivity index (χ4n) is 4.19. The molecule has 42 heavy (non-hydrogen) atoms. The van der Waals surface area contributed by atoms with E-state index in [1.54, 1.807) is 55.5 Å². The van der Waals surface area contributed by atoms with Crippen LogP contribution >= 0.6 is 11.6 Å². The maximum atomic E-state index is 14.1. The molecular weight excluding hydrogens is 578 g/mol. The van der Waals surface area contributed by atoms with Crippen LogP contribution < -0.4 is 19.1 Å². The summed E-state index contributed by atoms with van der Waals surface area (Å²) in [4.78, 5) is 28.7. The second-order valence-corrected chi connectivity index (χ2v) is 13.2. The highest BCUT2D eigenvalue weighted by molar-refractivity contribution is 7.92. The van der Waals surface area contributed by atoms with E-state index in [0.717, 1.165) is 15.4 Å². The van der Waals surface area contributed by atoms with Crippen LogP contribution in [0.2, 0.25) is 5.02 Å². The Balaban J connectivity index is 2.12. The summed E-state index contributed by atoms with van der Waals surface area (Å²) in [5, 5.41) is 3.43. The number of carbonyl (C=O) groups excluding carboxylic acids is 2. The molecule has 0 heterocycles. The topological polar surface area (TPSA) is 105 Å². The highest BCUT2D eigenvalue weighted by Crippen LogP contribution is 2.36. The van der Waals surface area contributed by atoms with Crippen molar-refractivity contribution in [3.8, 4) is 11.5 Å². The predicted octanol–water partition coefficient (Wildman–Crippen LogP) is 5.19. The molecule has 3 aromatic carbocycles. The number of aryl methyl sites for hydroxylation is 1. The number of anilines is 1. The molecule has 0 aromatic heterocycles. The molecule has 0 fully saturated rings. The molecule has 0 aliphatic carbocycles. The molecule has 226 valence electrons. The van der Waals surface area contributed by atoms with Crippen LogP contribution in [-0.2, 0) is 26.2 Å². The minimum Gasteiger partial charge on any atom is -0.497 e. The van der Waals surface area contributed by atoms with Crippen LogP contribution in [-0.4, -0.2) is 57.5 Å². The summed E-state index contributed by atoms with van der Waals surface area (Å²) in [6.07, 6.45) is 0. The number of nitrogens with one attached hydrogen (secondary N) is 1. The van der Waals surface area contributed by atoms with E-state index in [9.17, 15) is 18.0 Å². The van der Waals surface area contributed by atoms with Crippen molar-refractivity contribution in [3.63, 3.8) is 0 Å². The summed E-state index contributed by atoms with van der Waals surface area (Å²) in [5.74, 6) is -0.376. The molecule has 0 unspecified atom stereocenters. The van der Waals surface area contributed by atoms with Crippen LogP contribution in [0.3, 0.4) is 0 Å². The van der Waals surface area contributed by atoms with E-state index in [1.165, 1.54) is 37.3 Å². The molecule has 2 amide bonds. The fraction of sp³-hybridized carbons (Fsp3) is 0.355. The molecule has 3 rings (SSSR count). The van der Waals surface area contributed by atoms with E-state index in [-0.39, 0.29) is 28.8 Å². The maximum absolute atomic E-state index is 14.1. The van der Waals surface area contributed by atoms with E-state index in [2.05, 4.69) is 5.32 Å². The molecule has 0 aliphatic rings. The molecule has 3 aromatic rings. The van der Waals surface area contributed by atoms with Crippen molar-refractivity contribution in [2.75, 3.05) is 25.1 Å². The number of halogens is 1. The number of sulfonamides is 1. The standard InChI is InChI=1S/C31H38ClN3O6S/c1-21-8-15-26(16-9-21)42(38,39)35(27-18-25(40-6)14-17-28(27)41-7)20-29(36)34(19-23-10-12-24(32)13-11-23)22(2)30(37)33-31(3,4)5/h8-18,22H,19-20H2,1-7H3,(H,33,37)/t22-/m1/s1. The lowest BCUT2D eigenvalue weighted by Crippen LogP contribution is -2.54. The van der Waals surface area contributed by atoms with Gasteiger partial charge in [-0.05, 0) is 76.6 Å². The molecule has 1 atom stereocenters. The second-order valence-electron chi connectivity index (χ2n) is 10.9. The van der Waals surface area contributed by atoms with Gasteiger partial charge in [0.05, 0.1) is 24.8 Å². The summed E-state index contributed by atoms with van der Waals surface area (Å²) < 4.78 is 40.1. The van der Waals surface area contributed by atoms with Crippen molar-refractivity contribution in [1.82, 2.24) is 10.2 Å². The molecule has 0 bridgehead atoms. The van der Waals surface area contributed by atoms with Gasteiger partial charge in [0.2, 0.25) is 11.8 Å². The highest BCUT2D eigenvalue weighted by atomic mass is 35.5. The first-order valence-corrected chi connectivity index (χ1v) is 15.2. The van der Waals surface area contributed by atoms with Crippen LogP contribution in [0.4, 0.5) is 5.69 Å². The summed E-state index contributed by atoms with van der Waals surface area (Å²) in [5.41, 5.74) is 1.16. The minimum absolute atomic E-state index is 0.00597. The van der Waals surface area contributed by atoms with Crippen LogP contribution in [0.25, 0.3) is 0 Å². The van der Waals surface area contributed by atoms with E-state index in [4.69, 9.17) is 21.1 Å². The third-order valence-corrected chi connectivity index (χ3v) is 8.50. The number of hydrogen-bond acceptors (Lipinski definition) is 6. The summed E-state index contributed by atoms with van der Waals surface area (Å²) in [6.45, 7) is 8.42. The van der Waals surface area contributed by atoms with Gasteiger partial charge >= 0.3 is 0 Å². The lowest BCUT2D eigenvalue weighted by atomic mass is 10.1. The summed E-state index contributed by atoms with van der Waals surface area (Å²) in [7, 11) is -1.41. The van der Waals surface area contributed by atoms with Gasteiger partial charge in [-0.25, -0.2) is 8.42 Å². The van der Waals surface area contributed by atoms with Crippen LogP contribution in [0, 0.1) is 6.92 Å². The third kappa shape index (κ3) is 8.17. The van der Waals surface area contributed by atoms with Crippen LogP contribution in [0.5, 0.6) is 11.5 Å². The van der Waals surface area contributed by atoms with Crippen LogP contribution in [0.1, 0.15) is 38.8 Å². The molecule has 0 spiro atoms. The predicted molar refractivity (Wildman–Crippen MR) is 165 cm³/mol. The fourth-order valence-corrected chi connectivity index (χ4v) is 5.73. The molecule has 11 heteroatoms. The first-order chi connectivity index (χ1) is 19.7. The Morgan fingerprint density at radius 3 is 2.12 bits per heavy atom. The van der Waals surface area contributed by atoms with Crippen LogP contribution in [0.15, 0.2) is 71.6 Å². The highest BCUT2D eigenvalue weighted by Gasteiger charge is 2.34. The molecule has 0 radical (unpaired) electrons. The molecule has 9 nitrogen and oxygen atoms in total. The van der Waals surface area contributed by atoms with E-state index >= 15 is 0 Å². The number of methoxy groups -OCH3 is 2. The van der Waals surface area contributed by atoms with Crippen molar-refractivity contribution >= 4 is 39.1 Å². The van der Waals surface area contributed by atoms with Crippen molar-refractivity contribution in [3.05, 3.63) is 82.9 Å². The summed E-state index contributed by atoms with van der Waals surface area (Å²) >= 11 is 6.06. The van der Waals surface area contributed by atoms with Gasteiger partial charge in [0.15, 0.2) is 0 Å². The average Bonchev–Trinajstić information content (AvgIpc) is 2.94. The van der Waals surface area contributed by atoms with Gasteiger partial charge in [-0.2, -0.15) is 0 Å². The van der Waals surface area contributed by atoms with Gasteiger partial charge in [-0.15, -0.1) is 0 Å². The van der Waals surface area contributed by atoms with Gasteiger partial charge in [0.25, 0.3) is 10.0 Å². The largest absolute Gasteiger partial charge is 0.497 e. The number of carbonyl (C=O) groups is 2. The minimum atomic E-state index is -4.28. The Morgan fingerprint density at radius 1 is 0.952 bits per heavy atom. The van der Waals surface area contributed by atoms with Gasteiger partial charge in [0.1, 0.15) is 24.1 Å². The average molecular weight is 616 g/mol. The van der Waals surface area contributed by atoms with E-state index < -0.39 is 34.1 Å². The first-order valence-electron chi connectivity index (χ1n) is 13.3. The Kier molecular flexibility index (Phi) is 10.5. The Labute approximate surface area is 253 Å². The number of amides is 2. The molecule has 0 saturated heterocycles. The normalized spacial score (nSPS) is 12.3. The van der Waals surface area contributed by atoms with Gasteiger partial charge in [0, 0.05) is 23.2 Å². The number of benzene rings is 3. The number of hydrogen-bond donors (Lipinski definition) is 1. The Morgan fingerprint density at radius 2 is 1.57 bits per heavy atom. The number of ether oxygens (including phenoxy) is 2. The zero-order chi connectivity index (χ0) is 31.2. The smallest absolute Gasteiger partial charge is 0.264 e.